The minimum atomic E-state index is -0.278. The molecule has 21 heavy (non-hydrogen) atoms. The topological polar surface area (TPSA) is 34.4 Å². The fourth-order valence-corrected chi connectivity index (χ4v) is 2.38. The minimum Gasteiger partial charge on any atom is -0.462 e. The van der Waals surface area contributed by atoms with Crippen molar-refractivity contribution in [1.29, 1.82) is 0 Å². The molecular weight excluding hydrogens is 337 g/mol. The van der Waals surface area contributed by atoms with E-state index in [4.69, 9.17) is 9.15 Å². The second-order valence-electron chi connectivity index (χ2n) is 4.80. The van der Waals surface area contributed by atoms with E-state index in [0.717, 1.165) is 30.0 Å². The van der Waals surface area contributed by atoms with Gasteiger partial charge in [0.15, 0.2) is 0 Å². The van der Waals surface area contributed by atoms with Crippen LogP contribution in [-0.2, 0) is 11.3 Å². The lowest BCUT2D eigenvalue weighted by Crippen LogP contribution is -2.22. The van der Waals surface area contributed by atoms with Gasteiger partial charge >= 0.3 is 0 Å². The van der Waals surface area contributed by atoms with Crippen molar-refractivity contribution in [3.8, 4) is 0 Å². The smallest absolute Gasteiger partial charge is 0.137 e. The van der Waals surface area contributed by atoms with Crippen molar-refractivity contribution in [2.45, 2.75) is 26.0 Å². The zero-order chi connectivity index (χ0) is 15.2. The van der Waals surface area contributed by atoms with Crippen LogP contribution in [0.2, 0.25) is 0 Å². The molecule has 1 heterocycles. The van der Waals surface area contributed by atoms with E-state index >= 15 is 0 Å². The summed E-state index contributed by atoms with van der Waals surface area (Å²) in [6.07, 6.45) is 0.987. The van der Waals surface area contributed by atoms with Gasteiger partial charge < -0.3 is 14.5 Å². The summed E-state index contributed by atoms with van der Waals surface area (Å²) in [5.41, 5.74) is 0.836. The first-order valence-electron chi connectivity index (χ1n) is 6.91. The number of nitrogens with one attached hydrogen (secondary N) is 1. The molecule has 1 aromatic heterocycles. The quantitative estimate of drug-likeness (QED) is 0.798. The van der Waals surface area contributed by atoms with Gasteiger partial charge in [0.05, 0.1) is 10.5 Å². The van der Waals surface area contributed by atoms with Crippen LogP contribution in [0.15, 0.2) is 39.2 Å². The molecule has 0 bridgehead atoms. The van der Waals surface area contributed by atoms with Gasteiger partial charge in [-0.2, -0.15) is 0 Å². The van der Waals surface area contributed by atoms with Crippen LogP contribution in [0.3, 0.4) is 0 Å². The van der Waals surface area contributed by atoms with Crippen molar-refractivity contribution in [2.75, 3.05) is 13.7 Å². The summed E-state index contributed by atoms with van der Waals surface area (Å²) in [5.74, 6) is 1.24. The van der Waals surface area contributed by atoms with E-state index in [0.29, 0.717) is 11.1 Å². The highest BCUT2D eigenvalue weighted by molar-refractivity contribution is 9.10. The number of ether oxygens (including phenoxy) is 1. The van der Waals surface area contributed by atoms with Gasteiger partial charge in [-0.25, -0.2) is 4.39 Å². The highest BCUT2D eigenvalue weighted by Gasteiger charge is 2.18. The Bertz CT molecular complexity index is 585. The third-order valence-electron chi connectivity index (χ3n) is 3.13. The molecule has 114 valence electrons. The maximum atomic E-state index is 13.8. The number of methoxy groups -OCH3 is 1. The highest BCUT2D eigenvalue weighted by atomic mass is 79.9. The second kappa shape index (κ2) is 7.73. The number of hydrogen-bond donors (Lipinski definition) is 1. The Morgan fingerprint density at radius 2 is 2.14 bits per heavy atom. The predicted octanol–water partition coefficient (Wildman–Crippen LogP) is 4.42. The van der Waals surface area contributed by atoms with Crippen molar-refractivity contribution in [1.82, 2.24) is 5.32 Å². The molecule has 0 saturated heterocycles. The Kier molecular flexibility index (Phi) is 5.96. The van der Waals surface area contributed by atoms with Crippen LogP contribution in [0, 0.1) is 5.82 Å². The summed E-state index contributed by atoms with van der Waals surface area (Å²) in [6.45, 7) is 3.34. The summed E-state index contributed by atoms with van der Waals surface area (Å²) in [7, 11) is 1.62. The standard InChI is InChI=1S/C16H19BrFNO2/c1-3-8-19-16(11-4-6-13(17)14(18)9-11)15-7-5-12(21-15)10-20-2/h4-7,9,16,19H,3,8,10H2,1-2H3. The predicted molar refractivity (Wildman–Crippen MR) is 83.7 cm³/mol. The van der Waals surface area contributed by atoms with Gasteiger partial charge in [-0.15, -0.1) is 0 Å². The summed E-state index contributed by atoms with van der Waals surface area (Å²) in [5, 5.41) is 3.39. The Morgan fingerprint density at radius 1 is 1.33 bits per heavy atom. The van der Waals surface area contributed by atoms with Crippen molar-refractivity contribution in [3.05, 3.63) is 57.7 Å². The number of hydrogen-bond acceptors (Lipinski definition) is 3. The van der Waals surface area contributed by atoms with E-state index in [9.17, 15) is 4.39 Å². The van der Waals surface area contributed by atoms with Crippen LogP contribution < -0.4 is 5.32 Å². The van der Waals surface area contributed by atoms with Crippen LogP contribution in [0.25, 0.3) is 0 Å². The van der Waals surface area contributed by atoms with E-state index in [1.807, 2.05) is 18.2 Å². The summed E-state index contributed by atoms with van der Waals surface area (Å²) in [4.78, 5) is 0. The lowest BCUT2D eigenvalue weighted by Gasteiger charge is -2.17. The molecule has 2 rings (SSSR count). The van der Waals surface area contributed by atoms with Gasteiger partial charge in [0.2, 0.25) is 0 Å². The Morgan fingerprint density at radius 3 is 2.81 bits per heavy atom. The molecule has 2 aromatic rings. The number of halogens is 2. The van der Waals surface area contributed by atoms with E-state index in [1.54, 1.807) is 13.2 Å². The molecule has 1 unspecified atom stereocenters. The molecule has 0 amide bonds. The fourth-order valence-electron chi connectivity index (χ4n) is 2.13. The normalized spacial score (nSPS) is 12.6. The Hall–Kier alpha value is -1.17. The average Bonchev–Trinajstić information content (AvgIpc) is 2.92. The third kappa shape index (κ3) is 4.15. The first kappa shape index (κ1) is 16.2. The molecule has 0 spiro atoms. The van der Waals surface area contributed by atoms with Crippen LogP contribution >= 0.6 is 15.9 Å². The SMILES string of the molecule is CCCNC(c1ccc(Br)c(F)c1)c1ccc(COC)o1. The summed E-state index contributed by atoms with van der Waals surface area (Å²) >= 11 is 3.18. The Balaban J connectivity index is 2.29. The molecule has 1 atom stereocenters. The number of rotatable bonds is 7. The van der Waals surface area contributed by atoms with Crippen molar-refractivity contribution in [3.63, 3.8) is 0 Å². The molecule has 3 nitrogen and oxygen atoms in total. The molecule has 1 aromatic carbocycles. The molecule has 0 aliphatic carbocycles. The van der Waals surface area contributed by atoms with Crippen molar-refractivity contribution in [2.24, 2.45) is 0 Å². The van der Waals surface area contributed by atoms with E-state index < -0.39 is 0 Å². The first-order valence-corrected chi connectivity index (χ1v) is 7.71. The maximum Gasteiger partial charge on any atom is 0.137 e. The average molecular weight is 356 g/mol. The Labute approximate surface area is 132 Å². The molecule has 0 saturated carbocycles. The van der Waals surface area contributed by atoms with E-state index in [-0.39, 0.29) is 11.9 Å². The molecule has 1 N–H and O–H groups in total. The number of benzene rings is 1. The van der Waals surface area contributed by atoms with Crippen LogP contribution in [0.5, 0.6) is 0 Å². The van der Waals surface area contributed by atoms with Gasteiger partial charge in [-0.05, 0) is 58.7 Å². The molecule has 5 heteroatoms. The van der Waals surface area contributed by atoms with Gasteiger partial charge in [0, 0.05) is 7.11 Å². The zero-order valence-electron chi connectivity index (χ0n) is 12.2. The monoisotopic (exact) mass is 355 g/mol. The van der Waals surface area contributed by atoms with Crippen LogP contribution in [0.4, 0.5) is 4.39 Å². The minimum absolute atomic E-state index is 0.168. The lowest BCUT2D eigenvalue weighted by molar-refractivity contribution is 0.162. The zero-order valence-corrected chi connectivity index (χ0v) is 13.7. The summed E-state index contributed by atoms with van der Waals surface area (Å²) in [6, 6.07) is 8.74. The molecule has 0 aliphatic rings. The van der Waals surface area contributed by atoms with Crippen molar-refractivity contribution < 1.29 is 13.5 Å². The van der Waals surface area contributed by atoms with Crippen molar-refractivity contribution >= 4 is 15.9 Å². The second-order valence-corrected chi connectivity index (χ2v) is 5.65. The van der Waals surface area contributed by atoms with Crippen LogP contribution in [0.1, 0.15) is 36.5 Å². The molecule has 0 radical (unpaired) electrons. The van der Waals surface area contributed by atoms with E-state index in [1.165, 1.54) is 6.07 Å². The molecular formula is C16H19BrFNO2. The molecule has 0 fully saturated rings. The van der Waals surface area contributed by atoms with E-state index in [2.05, 4.69) is 28.2 Å². The number of furan rings is 1. The van der Waals surface area contributed by atoms with Gasteiger partial charge in [-0.3, -0.25) is 0 Å². The fraction of sp³-hybridized carbons (Fsp3) is 0.375. The van der Waals surface area contributed by atoms with Gasteiger partial charge in [0.25, 0.3) is 0 Å². The summed E-state index contributed by atoms with van der Waals surface area (Å²) < 4.78 is 25.1. The maximum absolute atomic E-state index is 13.8. The van der Waals surface area contributed by atoms with Gasteiger partial charge in [-0.1, -0.05) is 13.0 Å². The first-order chi connectivity index (χ1) is 10.2. The van der Waals surface area contributed by atoms with Crippen LogP contribution in [-0.4, -0.2) is 13.7 Å². The molecule has 0 aliphatic heterocycles. The third-order valence-corrected chi connectivity index (χ3v) is 3.77. The van der Waals surface area contributed by atoms with Gasteiger partial charge in [0.1, 0.15) is 23.9 Å². The highest BCUT2D eigenvalue weighted by Crippen LogP contribution is 2.27. The largest absolute Gasteiger partial charge is 0.462 e. The lowest BCUT2D eigenvalue weighted by atomic mass is 10.0.